The van der Waals surface area contributed by atoms with E-state index >= 15 is 0 Å². The van der Waals surface area contributed by atoms with Gasteiger partial charge < -0.3 is 10.2 Å². The number of nitrogens with zero attached hydrogens (tertiary/aromatic N) is 2. The summed E-state index contributed by atoms with van der Waals surface area (Å²) in [6.45, 7) is 3.36. The fraction of sp³-hybridized carbons (Fsp3) is 0.650. The molecule has 0 saturated heterocycles. The lowest BCUT2D eigenvalue weighted by Gasteiger charge is -2.33. The number of carbonyl (C=O) groups excluding carboxylic acids is 1. The molecule has 1 saturated carbocycles. The van der Waals surface area contributed by atoms with Gasteiger partial charge in [-0.3, -0.25) is 4.90 Å². The molecule has 1 aromatic carbocycles. The normalized spacial score (nSPS) is 23.8. The van der Waals surface area contributed by atoms with Crippen LogP contribution in [0.1, 0.15) is 43.2 Å². The van der Waals surface area contributed by atoms with Gasteiger partial charge in [-0.1, -0.05) is 17.7 Å². The highest BCUT2D eigenvalue weighted by Gasteiger charge is 2.24. The Hall–Kier alpha value is -1.26. The summed E-state index contributed by atoms with van der Waals surface area (Å²) in [5.74, 6) is 0.799. The molecule has 0 spiro atoms. The zero-order chi connectivity index (χ0) is 17.8. The van der Waals surface area contributed by atoms with E-state index in [9.17, 15) is 4.79 Å². The Bertz CT molecular complexity index is 597. The molecule has 1 aliphatic heterocycles. The number of nitrogens with one attached hydrogen (secondary N) is 1. The monoisotopic (exact) mass is 363 g/mol. The van der Waals surface area contributed by atoms with Crippen LogP contribution >= 0.6 is 11.6 Å². The Labute approximate surface area is 156 Å². The van der Waals surface area contributed by atoms with Gasteiger partial charge in [-0.05, 0) is 74.2 Å². The second kappa shape index (κ2) is 8.41. The van der Waals surface area contributed by atoms with Gasteiger partial charge in [0.25, 0.3) is 0 Å². The summed E-state index contributed by atoms with van der Waals surface area (Å²) in [4.78, 5) is 15.9. The van der Waals surface area contributed by atoms with Crippen molar-refractivity contribution in [2.45, 2.75) is 51.1 Å². The van der Waals surface area contributed by atoms with E-state index in [0.717, 1.165) is 43.3 Å². The predicted octanol–water partition coefficient (Wildman–Crippen LogP) is 3.92. The standard InChI is InChI=1S/C20H30ClN3O/c1-23(2)20(25)22-19-7-3-15(4-8-19)9-11-24-12-10-16-5-6-18(21)13-17(16)14-24/h5-6,13,15,19H,3-4,7-12,14H2,1-2H3,(H,22,25). The third-order valence-electron chi connectivity index (χ3n) is 5.69. The topological polar surface area (TPSA) is 35.6 Å². The summed E-state index contributed by atoms with van der Waals surface area (Å²) in [7, 11) is 3.59. The molecule has 0 aromatic heterocycles. The van der Waals surface area contributed by atoms with Gasteiger partial charge in [-0.25, -0.2) is 4.79 Å². The molecule has 4 nitrogen and oxygen atoms in total. The minimum absolute atomic E-state index is 0.0362. The lowest BCUT2D eigenvalue weighted by atomic mass is 9.84. The average molecular weight is 364 g/mol. The minimum atomic E-state index is 0.0362. The molecular weight excluding hydrogens is 334 g/mol. The summed E-state index contributed by atoms with van der Waals surface area (Å²) in [6.07, 6.45) is 7.09. The van der Waals surface area contributed by atoms with E-state index in [0.29, 0.717) is 6.04 Å². The third kappa shape index (κ3) is 5.11. The van der Waals surface area contributed by atoms with Crippen molar-refractivity contribution in [3.05, 3.63) is 34.3 Å². The molecule has 138 valence electrons. The Kier molecular flexibility index (Phi) is 6.24. The molecule has 0 atom stereocenters. The third-order valence-corrected chi connectivity index (χ3v) is 5.93. The molecule has 0 unspecified atom stereocenters. The van der Waals surface area contributed by atoms with Gasteiger partial charge in [-0.15, -0.1) is 0 Å². The summed E-state index contributed by atoms with van der Waals surface area (Å²) in [5, 5.41) is 3.97. The fourth-order valence-electron chi connectivity index (χ4n) is 4.04. The van der Waals surface area contributed by atoms with Crippen molar-refractivity contribution in [1.29, 1.82) is 0 Å². The maximum atomic E-state index is 11.7. The zero-order valence-electron chi connectivity index (χ0n) is 15.4. The van der Waals surface area contributed by atoms with Gasteiger partial charge in [0.1, 0.15) is 0 Å². The van der Waals surface area contributed by atoms with Crippen molar-refractivity contribution >= 4 is 17.6 Å². The van der Waals surface area contributed by atoms with Gasteiger partial charge in [0.05, 0.1) is 0 Å². The van der Waals surface area contributed by atoms with Crippen molar-refractivity contribution in [1.82, 2.24) is 15.1 Å². The summed E-state index contributed by atoms with van der Waals surface area (Å²) < 4.78 is 0. The maximum absolute atomic E-state index is 11.7. The molecule has 1 heterocycles. The summed E-state index contributed by atoms with van der Waals surface area (Å²) in [6, 6.07) is 6.70. The van der Waals surface area contributed by atoms with Crippen molar-refractivity contribution in [2.75, 3.05) is 27.2 Å². The molecule has 2 aliphatic rings. The van der Waals surface area contributed by atoms with E-state index in [2.05, 4.69) is 22.3 Å². The van der Waals surface area contributed by atoms with Crippen LogP contribution in [-0.2, 0) is 13.0 Å². The fourth-order valence-corrected chi connectivity index (χ4v) is 4.23. The quantitative estimate of drug-likeness (QED) is 0.880. The average Bonchev–Trinajstić information content (AvgIpc) is 2.60. The Morgan fingerprint density at radius 3 is 2.72 bits per heavy atom. The van der Waals surface area contributed by atoms with E-state index in [-0.39, 0.29) is 6.03 Å². The van der Waals surface area contributed by atoms with Gasteiger partial charge in [0, 0.05) is 38.2 Å². The largest absolute Gasteiger partial charge is 0.335 e. The highest BCUT2D eigenvalue weighted by molar-refractivity contribution is 6.30. The van der Waals surface area contributed by atoms with Crippen LogP contribution in [0.2, 0.25) is 5.02 Å². The first-order valence-electron chi connectivity index (χ1n) is 9.48. The van der Waals surface area contributed by atoms with Gasteiger partial charge in [0.15, 0.2) is 0 Å². The summed E-state index contributed by atoms with van der Waals surface area (Å²) in [5.41, 5.74) is 2.85. The van der Waals surface area contributed by atoms with Crippen LogP contribution < -0.4 is 5.32 Å². The van der Waals surface area contributed by atoms with Crippen molar-refractivity contribution < 1.29 is 4.79 Å². The van der Waals surface area contributed by atoms with Crippen LogP contribution in [0.5, 0.6) is 0 Å². The summed E-state index contributed by atoms with van der Waals surface area (Å²) >= 11 is 6.14. The van der Waals surface area contributed by atoms with Crippen LogP contribution in [0.25, 0.3) is 0 Å². The van der Waals surface area contributed by atoms with Crippen molar-refractivity contribution in [3.8, 4) is 0 Å². The second-order valence-electron chi connectivity index (χ2n) is 7.79. The van der Waals surface area contributed by atoms with Crippen LogP contribution in [-0.4, -0.2) is 49.1 Å². The van der Waals surface area contributed by atoms with Gasteiger partial charge in [0.2, 0.25) is 0 Å². The number of benzene rings is 1. The van der Waals surface area contributed by atoms with E-state index in [4.69, 9.17) is 11.6 Å². The number of rotatable bonds is 4. The molecule has 1 aliphatic carbocycles. The number of urea groups is 1. The molecule has 1 N–H and O–H groups in total. The number of fused-ring (bicyclic) bond motifs is 1. The molecule has 25 heavy (non-hydrogen) atoms. The number of hydrogen-bond donors (Lipinski definition) is 1. The molecule has 5 heteroatoms. The Morgan fingerprint density at radius 2 is 2.00 bits per heavy atom. The number of carbonyl (C=O) groups is 1. The molecule has 1 fully saturated rings. The van der Waals surface area contributed by atoms with Crippen molar-refractivity contribution in [2.24, 2.45) is 5.92 Å². The Balaban J connectivity index is 1.40. The van der Waals surface area contributed by atoms with Crippen LogP contribution in [0.3, 0.4) is 0 Å². The smallest absolute Gasteiger partial charge is 0.317 e. The van der Waals surface area contributed by atoms with Crippen LogP contribution in [0.4, 0.5) is 4.79 Å². The first-order chi connectivity index (χ1) is 12.0. The zero-order valence-corrected chi connectivity index (χ0v) is 16.2. The first-order valence-corrected chi connectivity index (χ1v) is 9.86. The molecular formula is C20H30ClN3O. The molecule has 1 aromatic rings. The number of halogens is 1. The number of hydrogen-bond acceptors (Lipinski definition) is 2. The highest BCUT2D eigenvalue weighted by Crippen LogP contribution is 2.28. The van der Waals surface area contributed by atoms with Crippen LogP contribution in [0, 0.1) is 5.92 Å². The van der Waals surface area contributed by atoms with Gasteiger partial charge >= 0.3 is 6.03 Å². The predicted molar refractivity (Wildman–Crippen MR) is 103 cm³/mol. The van der Waals surface area contributed by atoms with Crippen LogP contribution in [0.15, 0.2) is 18.2 Å². The van der Waals surface area contributed by atoms with E-state index in [1.165, 1.54) is 36.9 Å². The SMILES string of the molecule is CN(C)C(=O)NC1CCC(CCN2CCc3ccc(Cl)cc3C2)CC1. The molecule has 2 amide bonds. The highest BCUT2D eigenvalue weighted by atomic mass is 35.5. The van der Waals surface area contributed by atoms with Gasteiger partial charge in [-0.2, -0.15) is 0 Å². The minimum Gasteiger partial charge on any atom is -0.335 e. The maximum Gasteiger partial charge on any atom is 0.317 e. The molecule has 0 bridgehead atoms. The lowest BCUT2D eigenvalue weighted by Crippen LogP contribution is -2.43. The van der Waals surface area contributed by atoms with Crippen molar-refractivity contribution in [3.63, 3.8) is 0 Å². The van der Waals surface area contributed by atoms with E-state index in [1.807, 2.05) is 6.07 Å². The second-order valence-corrected chi connectivity index (χ2v) is 8.23. The first kappa shape index (κ1) is 18.5. The van der Waals surface area contributed by atoms with E-state index in [1.54, 1.807) is 19.0 Å². The van der Waals surface area contributed by atoms with E-state index < -0.39 is 0 Å². The molecule has 0 radical (unpaired) electrons. The molecule has 3 rings (SSSR count). The Morgan fingerprint density at radius 1 is 1.24 bits per heavy atom. The number of amides is 2. The lowest BCUT2D eigenvalue weighted by molar-refractivity contribution is 0.193.